The number of hydrogen-bond acceptors (Lipinski definition) is 2. The Bertz CT molecular complexity index is 1210. The molecule has 0 bridgehead atoms. The van der Waals surface area contributed by atoms with Gasteiger partial charge in [-0.1, -0.05) is 6.92 Å². The van der Waals surface area contributed by atoms with Crippen molar-refractivity contribution in [2.75, 3.05) is 26.5 Å². The second kappa shape index (κ2) is 6.24. The van der Waals surface area contributed by atoms with Gasteiger partial charge in [-0.15, -0.1) is 0 Å². The third kappa shape index (κ3) is 2.84. The molecule has 23 heavy (non-hydrogen) atoms. The van der Waals surface area contributed by atoms with E-state index in [2.05, 4.69) is 19.8 Å². The van der Waals surface area contributed by atoms with Gasteiger partial charge in [0.1, 0.15) is 21.2 Å². The number of carbonyl (C=O) groups excluding carboxylic acids is 1. The number of amides is 1. The predicted molar refractivity (Wildman–Crippen MR) is 87.3 cm³/mol. The molecule has 2 N–H and O–H groups in total. The van der Waals surface area contributed by atoms with Crippen molar-refractivity contribution in [2.45, 2.75) is 19.4 Å². The molecule has 7 heteroatoms. The molecule has 0 saturated carbocycles. The second-order valence-electron chi connectivity index (χ2n) is 4.94. The molecule has 1 fully saturated rings. The quantitative estimate of drug-likeness (QED) is 0.622. The van der Waals surface area contributed by atoms with Crippen molar-refractivity contribution >= 4 is 16.9 Å². The van der Waals surface area contributed by atoms with E-state index in [-0.39, 0.29) is 22.3 Å². The molecule has 1 amide bonds. The van der Waals surface area contributed by atoms with Crippen LogP contribution < -0.4 is 10.1 Å². The van der Waals surface area contributed by atoms with Crippen LogP contribution in [0.3, 0.4) is 0 Å². The molecule has 0 aromatic carbocycles. The van der Waals surface area contributed by atoms with Crippen molar-refractivity contribution in [1.29, 1.82) is 0 Å². The summed E-state index contributed by atoms with van der Waals surface area (Å²) in [7, 11) is 1.25. The van der Waals surface area contributed by atoms with Crippen molar-refractivity contribution in [3.63, 3.8) is 0 Å². The number of aromatic amines is 2. The number of H-pyrrole nitrogens is 2. The maximum absolute atomic E-state index is 12.8. The topological polar surface area (TPSA) is 72.2 Å². The molecule has 0 radical (unpaired) electrons. The molecule has 1 aliphatic rings. The van der Waals surface area contributed by atoms with Gasteiger partial charge in [-0.3, -0.25) is 9.37 Å². The highest BCUT2D eigenvalue weighted by molar-refractivity contribution is 5.79. The van der Waals surface area contributed by atoms with Gasteiger partial charge in [0, 0.05) is 16.8 Å². The molecule has 3 heterocycles. The third-order valence-corrected chi connectivity index (χ3v) is 3.47. The van der Waals surface area contributed by atoms with Crippen LogP contribution in [-0.4, -0.2) is 58.3 Å². The molecule has 7 nitrogen and oxygen atoms in total. The Labute approximate surface area is 147 Å². The van der Waals surface area contributed by atoms with E-state index in [0.717, 1.165) is 11.5 Å². The number of carbonyl (C=O) groups is 1. The highest BCUT2D eigenvalue weighted by atomic mass is 16.2. The van der Waals surface area contributed by atoms with Gasteiger partial charge in [-0.25, -0.2) is 11.6 Å². The van der Waals surface area contributed by atoms with E-state index >= 15 is 0 Å². The summed E-state index contributed by atoms with van der Waals surface area (Å²) in [5.74, 6) is -3.96. The van der Waals surface area contributed by atoms with Crippen LogP contribution in [-0.2, 0) is 4.79 Å². The van der Waals surface area contributed by atoms with Gasteiger partial charge < -0.3 is 14.7 Å². The predicted octanol–water partition coefficient (Wildman–Crippen LogP) is 0.449. The maximum atomic E-state index is 12.8. The summed E-state index contributed by atoms with van der Waals surface area (Å²) in [6.07, 6.45) is 0.330. The van der Waals surface area contributed by atoms with Crippen LogP contribution >= 0.6 is 0 Å². The lowest BCUT2D eigenvalue weighted by Crippen LogP contribution is -2.54. The molecule has 120 valence electrons. The monoisotopic (exact) mass is 322 g/mol. The number of aromatic nitrogens is 3. The minimum atomic E-state index is -3.29. The first kappa shape index (κ1) is 7.77. The number of piperidine rings is 1. The first-order valence-corrected chi connectivity index (χ1v) is 6.78. The number of likely N-dealkylation sites (N-methyl/N-ethyl adjacent to an activating group) is 1. The van der Waals surface area contributed by atoms with Crippen molar-refractivity contribution in [3.05, 3.63) is 35.5 Å². The fourth-order valence-electron chi connectivity index (χ4n) is 2.33. The van der Waals surface area contributed by atoms with Gasteiger partial charge in [0.15, 0.2) is 6.30 Å². The normalized spacial score (nSPS) is 39.9. The standard InChI is InChI=1S/C16H20N6O/c1-11-5-7-22(14(23)8-17-2)9-13(11)21(3)16-12-4-6-18-15(12)19-10-20-16/h4,6,10-11,13H,5,7-9H2,1,3H3,(H,18,19,20)/p+1/t11-,13+/m1/s1/i7D2,8D2,9D2,10D,11D,13D. The van der Waals surface area contributed by atoms with E-state index in [1.165, 1.54) is 13.2 Å². The van der Waals surface area contributed by atoms with Gasteiger partial charge in [0.2, 0.25) is 0 Å². The maximum Gasteiger partial charge on any atom is 0.302 e. The number of rotatable bonds is 2. The van der Waals surface area contributed by atoms with Crippen LogP contribution in [0.25, 0.3) is 15.9 Å². The molecule has 2 aromatic heterocycles. The first-order valence-electron chi connectivity index (χ1n) is 11.3. The third-order valence-electron chi connectivity index (χ3n) is 3.47. The average Bonchev–Trinajstić information content (AvgIpc) is 3.11. The molecule has 1 aliphatic heterocycles. The van der Waals surface area contributed by atoms with Gasteiger partial charge in [0.25, 0.3) is 12.0 Å². The summed E-state index contributed by atoms with van der Waals surface area (Å²) >= 11 is 0. The van der Waals surface area contributed by atoms with Crippen LogP contribution in [0, 0.1) is 12.5 Å². The Balaban J connectivity index is 2.41. The second-order valence-corrected chi connectivity index (χ2v) is 4.94. The lowest BCUT2D eigenvalue weighted by atomic mass is 9.93. The largest absolute Gasteiger partial charge is 0.346 e. The van der Waals surface area contributed by atoms with Crippen LogP contribution in [0.15, 0.2) is 18.6 Å². The van der Waals surface area contributed by atoms with E-state index in [9.17, 15) is 4.79 Å². The molecule has 2 atom stereocenters. The molecular weight excluding hydrogens is 292 g/mol. The zero-order valence-electron chi connectivity index (χ0n) is 21.6. The zero-order chi connectivity index (χ0) is 24.5. The Morgan fingerprint density at radius 1 is 1.78 bits per heavy atom. The van der Waals surface area contributed by atoms with E-state index in [1.54, 1.807) is 6.07 Å². The summed E-state index contributed by atoms with van der Waals surface area (Å²) in [5.41, 5.74) is 0.261. The van der Waals surface area contributed by atoms with Gasteiger partial charge in [0.05, 0.1) is 17.7 Å². The molecular formula is C16H21N6O+. The molecule has 2 aromatic rings. The fraction of sp³-hybridized carbons (Fsp3) is 0.500. The lowest BCUT2D eigenvalue weighted by molar-refractivity contribution is -0.131. The van der Waals surface area contributed by atoms with Crippen molar-refractivity contribution in [2.24, 2.45) is 5.89 Å². The number of nitrogens with zero attached hydrogens (tertiary/aromatic N) is 4. The van der Waals surface area contributed by atoms with Crippen LogP contribution in [0.5, 0.6) is 0 Å². The lowest BCUT2D eigenvalue weighted by Gasteiger charge is -2.35. The summed E-state index contributed by atoms with van der Waals surface area (Å²) in [5, 5.41) is 0.352. The van der Waals surface area contributed by atoms with E-state index in [4.69, 9.17) is 18.9 Å². The summed E-state index contributed by atoms with van der Waals surface area (Å²) in [6, 6.07) is -1.17. The highest BCUT2D eigenvalue weighted by Gasteiger charge is 2.33. The SMILES string of the molecule is [2H]c1nc2[nH]ccc2c(=[N+](C)[C@@]2([2H])C([2H])([2H])N(C(=O)C([2H])([2H])[N+]#[C-])C([2H])([2H])C[C@@]2([2H])C)[nH]1. The molecule has 1 saturated heterocycles. The number of likely N-dealkylation sites (tertiary alicyclic amines) is 1. The molecule has 0 unspecified atom stereocenters. The smallest absolute Gasteiger partial charge is 0.302 e. The van der Waals surface area contributed by atoms with Crippen molar-refractivity contribution in [1.82, 2.24) is 24.4 Å². The van der Waals surface area contributed by atoms with E-state index in [1.807, 2.05) is 0 Å². The van der Waals surface area contributed by atoms with Crippen molar-refractivity contribution in [3.8, 4) is 0 Å². The van der Waals surface area contributed by atoms with E-state index in [0.29, 0.717) is 5.39 Å². The minimum absolute atomic E-state index is 0.0154. The fourth-order valence-corrected chi connectivity index (χ4v) is 2.33. The summed E-state index contributed by atoms with van der Waals surface area (Å²) in [6.45, 7) is -1.36. The van der Waals surface area contributed by atoms with Gasteiger partial charge in [-0.05, 0) is 18.4 Å². The van der Waals surface area contributed by atoms with Crippen LogP contribution in [0.4, 0.5) is 0 Å². The van der Waals surface area contributed by atoms with Crippen LogP contribution in [0.1, 0.15) is 25.7 Å². The molecule has 0 aliphatic carbocycles. The van der Waals surface area contributed by atoms with E-state index < -0.39 is 43.7 Å². The Hall–Kier alpha value is -2.62. The van der Waals surface area contributed by atoms with Gasteiger partial charge in [-0.2, -0.15) is 4.98 Å². The average molecular weight is 322 g/mol. The highest BCUT2D eigenvalue weighted by Crippen LogP contribution is 2.18. The summed E-state index contributed by atoms with van der Waals surface area (Å²) < 4.78 is 75.7. The Kier molecular flexibility index (Phi) is 2.11. The Morgan fingerprint density at radius 2 is 2.61 bits per heavy atom. The number of nitrogens with one attached hydrogen (secondary N) is 2. The number of fused-ring (bicyclic) bond motifs is 1. The Morgan fingerprint density at radius 3 is 3.39 bits per heavy atom. The summed E-state index contributed by atoms with van der Waals surface area (Å²) in [4.78, 5) is 24.6. The zero-order valence-corrected chi connectivity index (χ0v) is 12.6. The van der Waals surface area contributed by atoms with Gasteiger partial charge >= 0.3 is 5.91 Å². The number of hydrogen-bond donors (Lipinski definition) is 2. The first-order chi connectivity index (χ1) is 14.4. The van der Waals surface area contributed by atoms with Crippen LogP contribution in [0.2, 0.25) is 0 Å². The van der Waals surface area contributed by atoms with Crippen molar-refractivity contribution < 1.29 is 17.1 Å². The molecule has 3 rings (SSSR count). The molecule has 0 spiro atoms. The minimum Gasteiger partial charge on any atom is -0.346 e.